The minimum absolute atomic E-state index is 0.0749. The molecular formula is C19H16F3N3O2S. The number of rotatable bonds is 4. The summed E-state index contributed by atoms with van der Waals surface area (Å²) in [4.78, 5) is 3.88. The highest BCUT2D eigenvalue weighted by atomic mass is 32.2. The quantitative estimate of drug-likeness (QED) is 0.658. The molecule has 9 heteroatoms. The molecule has 0 atom stereocenters. The van der Waals surface area contributed by atoms with Crippen molar-refractivity contribution in [1.82, 2.24) is 9.55 Å². The van der Waals surface area contributed by atoms with Gasteiger partial charge in [-0.2, -0.15) is 18.4 Å². The van der Waals surface area contributed by atoms with Crippen molar-refractivity contribution in [2.75, 3.05) is 6.26 Å². The summed E-state index contributed by atoms with van der Waals surface area (Å²) < 4.78 is 65.8. The van der Waals surface area contributed by atoms with E-state index in [2.05, 4.69) is 11.1 Å². The van der Waals surface area contributed by atoms with Gasteiger partial charge in [0.25, 0.3) is 0 Å². The fourth-order valence-electron chi connectivity index (χ4n) is 3.22. The van der Waals surface area contributed by atoms with E-state index in [9.17, 15) is 21.6 Å². The van der Waals surface area contributed by atoms with E-state index in [1.165, 1.54) is 18.3 Å². The number of hydrogen-bond donors (Lipinski definition) is 0. The van der Waals surface area contributed by atoms with Crippen molar-refractivity contribution in [3.05, 3.63) is 58.9 Å². The molecule has 3 aromatic rings. The second kappa shape index (κ2) is 6.95. The van der Waals surface area contributed by atoms with Gasteiger partial charge < -0.3 is 4.57 Å². The molecule has 0 fully saturated rings. The zero-order chi connectivity index (χ0) is 20.7. The summed E-state index contributed by atoms with van der Waals surface area (Å²) in [7, 11) is -3.78. The van der Waals surface area contributed by atoms with Crippen LogP contribution in [0.25, 0.3) is 11.0 Å². The Morgan fingerprint density at radius 1 is 1.25 bits per heavy atom. The molecule has 0 spiro atoms. The molecule has 3 rings (SSSR count). The molecule has 5 nitrogen and oxygen atoms in total. The Kier molecular flexibility index (Phi) is 4.93. The number of sulfone groups is 1. The first kappa shape index (κ1) is 19.9. The summed E-state index contributed by atoms with van der Waals surface area (Å²) in [5, 5.41) is 9.79. The summed E-state index contributed by atoms with van der Waals surface area (Å²) in [6.07, 6.45) is -2.20. The maximum absolute atomic E-state index is 13.6. The minimum atomic E-state index is -4.71. The lowest BCUT2D eigenvalue weighted by Gasteiger charge is -2.16. The van der Waals surface area contributed by atoms with Crippen LogP contribution in [-0.2, 0) is 29.0 Å². The van der Waals surface area contributed by atoms with Crippen LogP contribution < -0.4 is 0 Å². The number of hydrogen-bond acceptors (Lipinski definition) is 4. The Balaban J connectivity index is 2.20. The molecule has 0 bridgehead atoms. The van der Waals surface area contributed by atoms with Gasteiger partial charge >= 0.3 is 6.18 Å². The van der Waals surface area contributed by atoms with Crippen molar-refractivity contribution in [2.24, 2.45) is 0 Å². The van der Waals surface area contributed by atoms with Crippen molar-refractivity contribution in [3.8, 4) is 6.07 Å². The Bertz CT molecular complexity index is 1210. The molecule has 28 heavy (non-hydrogen) atoms. The lowest BCUT2D eigenvalue weighted by atomic mass is 10.1. The zero-order valence-corrected chi connectivity index (χ0v) is 15.9. The number of aromatic nitrogens is 2. The molecule has 0 amide bonds. The van der Waals surface area contributed by atoms with Crippen molar-refractivity contribution in [3.63, 3.8) is 0 Å². The van der Waals surface area contributed by atoms with Crippen LogP contribution in [0.2, 0.25) is 0 Å². The lowest BCUT2D eigenvalue weighted by Crippen LogP contribution is -2.14. The molecule has 0 radical (unpaired) electrons. The number of nitrogens with zero attached hydrogens (tertiary/aromatic N) is 3. The fraction of sp³-hybridized carbons (Fsp3) is 0.263. The number of fused-ring (bicyclic) bond motifs is 1. The summed E-state index contributed by atoms with van der Waals surface area (Å²) in [6, 6.07) is 8.55. The van der Waals surface area contributed by atoms with Gasteiger partial charge in [-0.1, -0.05) is 6.07 Å². The summed E-state index contributed by atoms with van der Waals surface area (Å²) >= 11 is 0. The second-order valence-corrected chi connectivity index (χ2v) is 8.46. The molecule has 1 aromatic carbocycles. The molecular weight excluding hydrogens is 391 g/mol. The molecule has 2 heterocycles. The molecule has 2 aromatic heterocycles. The van der Waals surface area contributed by atoms with Gasteiger partial charge in [-0.25, -0.2) is 13.4 Å². The van der Waals surface area contributed by atoms with E-state index in [-0.39, 0.29) is 23.4 Å². The highest BCUT2D eigenvalue weighted by molar-refractivity contribution is 7.90. The highest BCUT2D eigenvalue weighted by Gasteiger charge is 2.34. The van der Waals surface area contributed by atoms with E-state index in [1.807, 2.05) is 0 Å². The first-order chi connectivity index (χ1) is 13.0. The first-order valence-corrected chi connectivity index (χ1v) is 10.1. The summed E-state index contributed by atoms with van der Waals surface area (Å²) in [5.41, 5.74) is 0.761. The zero-order valence-electron chi connectivity index (χ0n) is 15.1. The van der Waals surface area contributed by atoms with Gasteiger partial charge in [0.05, 0.1) is 22.9 Å². The normalized spacial score (nSPS) is 12.3. The van der Waals surface area contributed by atoms with Crippen LogP contribution in [0, 0.1) is 18.3 Å². The average molecular weight is 407 g/mol. The number of pyridine rings is 1. The van der Waals surface area contributed by atoms with Crippen LogP contribution in [0.5, 0.6) is 0 Å². The van der Waals surface area contributed by atoms with Gasteiger partial charge in [-0.3, -0.25) is 0 Å². The third-order valence-corrected chi connectivity index (χ3v) is 5.72. The third-order valence-electron chi connectivity index (χ3n) is 4.61. The second-order valence-electron chi connectivity index (χ2n) is 6.45. The van der Waals surface area contributed by atoms with Gasteiger partial charge in [0, 0.05) is 30.1 Å². The van der Waals surface area contributed by atoms with Crippen molar-refractivity contribution < 1.29 is 21.6 Å². The van der Waals surface area contributed by atoms with Gasteiger partial charge in [-0.05, 0) is 42.3 Å². The van der Waals surface area contributed by atoms with E-state index in [0.717, 1.165) is 6.26 Å². The third kappa shape index (κ3) is 3.60. The summed E-state index contributed by atoms with van der Waals surface area (Å²) in [6.45, 7) is 1.58. The maximum Gasteiger partial charge on any atom is 0.416 e. The SMILES string of the molecule is Cc1c(CC#N)c2cccnc2n1Cc1ccc(S(C)(=O)=O)cc1C(F)(F)F. The van der Waals surface area contributed by atoms with Crippen molar-refractivity contribution >= 4 is 20.9 Å². The van der Waals surface area contributed by atoms with E-state index >= 15 is 0 Å². The summed E-state index contributed by atoms with van der Waals surface area (Å²) in [5.74, 6) is 0. The number of halogens is 3. The van der Waals surface area contributed by atoms with Crippen LogP contribution in [-0.4, -0.2) is 24.2 Å². The van der Waals surface area contributed by atoms with Crippen LogP contribution in [0.4, 0.5) is 13.2 Å². The van der Waals surface area contributed by atoms with Crippen LogP contribution in [0.1, 0.15) is 22.4 Å². The topological polar surface area (TPSA) is 75.8 Å². The minimum Gasteiger partial charge on any atom is -0.325 e. The Hall–Kier alpha value is -2.86. The molecule has 146 valence electrons. The lowest BCUT2D eigenvalue weighted by molar-refractivity contribution is -0.138. The molecule has 0 saturated carbocycles. The Morgan fingerprint density at radius 3 is 2.57 bits per heavy atom. The van der Waals surface area contributed by atoms with E-state index in [1.54, 1.807) is 23.6 Å². The molecule has 0 aliphatic carbocycles. The van der Waals surface area contributed by atoms with Crippen LogP contribution >= 0.6 is 0 Å². The van der Waals surface area contributed by atoms with E-state index < -0.39 is 21.6 Å². The molecule has 0 aliphatic rings. The average Bonchev–Trinajstić information content (AvgIpc) is 2.86. The highest BCUT2D eigenvalue weighted by Crippen LogP contribution is 2.35. The standard InChI is InChI=1S/C19H16F3N3O2S/c1-12-15(7-8-23)16-4-3-9-24-18(16)25(12)11-13-5-6-14(28(2,26)27)10-17(13)19(20,21)22/h3-6,9-10H,7,11H2,1-2H3. The number of benzene rings is 1. The molecule has 0 N–H and O–H groups in total. The number of alkyl halides is 3. The Labute approximate surface area is 160 Å². The van der Waals surface area contributed by atoms with Gasteiger partial charge in [0.2, 0.25) is 0 Å². The smallest absolute Gasteiger partial charge is 0.325 e. The molecule has 0 aliphatic heterocycles. The van der Waals surface area contributed by atoms with E-state index in [0.29, 0.717) is 28.4 Å². The fourth-order valence-corrected chi connectivity index (χ4v) is 3.87. The largest absolute Gasteiger partial charge is 0.416 e. The van der Waals surface area contributed by atoms with Gasteiger partial charge in [-0.15, -0.1) is 0 Å². The predicted molar refractivity (Wildman–Crippen MR) is 97.4 cm³/mol. The van der Waals surface area contributed by atoms with Gasteiger partial charge in [0.15, 0.2) is 9.84 Å². The van der Waals surface area contributed by atoms with Gasteiger partial charge in [0.1, 0.15) is 5.65 Å². The molecule has 0 unspecified atom stereocenters. The van der Waals surface area contributed by atoms with Crippen LogP contribution in [0.15, 0.2) is 41.4 Å². The maximum atomic E-state index is 13.6. The van der Waals surface area contributed by atoms with Crippen molar-refractivity contribution in [2.45, 2.75) is 31.0 Å². The molecule has 0 saturated heterocycles. The van der Waals surface area contributed by atoms with Crippen molar-refractivity contribution in [1.29, 1.82) is 5.26 Å². The first-order valence-electron chi connectivity index (χ1n) is 8.24. The van der Waals surface area contributed by atoms with Crippen LogP contribution in [0.3, 0.4) is 0 Å². The van der Waals surface area contributed by atoms with E-state index in [4.69, 9.17) is 5.26 Å². The predicted octanol–water partition coefficient (Wildman–Crippen LogP) is 3.88. The monoisotopic (exact) mass is 407 g/mol. The number of nitriles is 1. The Morgan fingerprint density at radius 2 is 1.96 bits per heavy atom.